The minimum Gasteiger partial charge on any atom is -0.308 e. The molecule has 0 radical (unpaired) electrons. The smallest absolute Gasteiger partial charge is 0.143 e. The third-order valence-corrected chi connectivity index (χ3v) is 2.66. The van der Waals surface area contributed by atoms with Gasteiger partial charge in [0.15, 0.2) is 0 Å². The van der Waals surface area contributed by atoms with Crippen molar-refractivity contribution in [1.29, 1.82) is 0 Å². The lowest BCUT2D eigenvalue weighted by atomic mass is 10.0. The van der Waals surface area contributed by atoms with Crippen LogP contribution in [0.1, 0.15) is 51.0 Å². The first-order valence-corrected chi connectivity index (χ1v) is 5.59. The molecule has 84 valence electrons. The number of hydrogen-bond donors (Lipinski definition) is 2. The van der Waals surface area contributed by atoms with Gasteiger partial charge >= 0.3 is 0 Å². The van der Waals surface area contributed by atoms with Gasteiger partial charge in [-0.25, -0.2) is 15.8 Å². The van der Waals surface area contributed by atoms with Crippen LogP contribution in [0, 0.1) is 0 Å². The number of hydrazine groups is 1. The Hall–Kier alpha value is -1.16. The number of nitrogen functional groups attached to an aromatic ring is 1. The average molecular weight is 208 g/mol. The fraction of sp³-hybridized carbons (Fsp3) is 0.636. The van der Waals surface area contributed by atoms with Crippen LogP contribution >= 0.6 is 0 Å². The van der Waals surface area contributed by atoms with Crippen LogP contribution in [0.2, 0.25) is 0 Å². The maximum Gasteiger partial charge on any atom is 0.143 e. The van der Waals surface area contributed by atoms with E-state index in [0.717, 1.165) is 30.8 Å². The van der Waals surface area contributed by atoms with Crippen molar-refractivity contribution in [1.82, 2.24) is 9.97 Å². The van der Waals surface area contributed by atoms with Crippen LogP contribution in [-0.2, 0) is 6.42 Å². The second-order valence-corrected chi connectivity index (χ2v) is 3.61. The van der Waals surface area contributed by atoms with Crippen molar-refractivity contribution in [3.63, 3.8) is 0 Å². The molecule has 0 aliphatic heterocycles. The van der Waals surface area contributed by atoms with E-state index in [0.29, 0.717) is 11.7 Å². The van der Waals surface area contributed by atoms with Gasteiger partial charge in [-0.1, -0.05) is 20.8 Å². The van der Waals surface area contributed by atoms with Crippen LogP contribution in [-0.4, -0.2) is 9.97 Å². The molecule has 0 spiro atoms. The van der Waals surface area contributed by atoms with Crippen molar-refractivity contribution in [3.05, 3.63) is 17.6 Å². The predicted octanol–water partition coefficient (Wildman–Crippen LogP) is 2.23. The quantitative estimate of drug-likeness (QED) is 0.575. The van der Waals surface area contributed by atoms with E-state index in [-0.39, 0.29) is 0 Å². The van der Waals surface area contributed by atoms with Gasteiger partial charge in [0.05, 0.1) is 0 Å². The molecule has 1 aromatic heterocycles. The Labute approximate surface area is 91.3 Å². The predicted molar refractivity (Wildman–Crippen MR) is 62.5 cm³/mol. The molecule has 4 heteroatoms. The molecule has 1 rings (SSSR count). The molecule has 0 aromatic carbocycles. The van der Waals surface area contributed by atoms with Crippen molar-refractivity contribution in [2.24, 2.45) is 5.84 Å². The number of nitrogens with zero attached hydrogens (tertiary/aromatic N) is 2. The van der Waals surface area contributed by atoms with Gasteiger partial charge in [-0.3, -0.25) is 0 Å². The van der Waals surface area contributed by atoms with E-state index in [9.17, 15) is 0 Å². The Bertz CT molecular complexity index is 285. The molecule has 1 heterocycles. The fourth-order valence-corrected chi connectivity index (χ4v) is 1.61. The standard InChI is InChI=1S/C11H20N4/c1-4-8(5-2)11-13-9(6-3)7-10(14-11)15-12/h7-8H,4-6,12H2,1-3H3,(H,13,14,15). The Kier molecular flexibility index (Phi) is 4.49. The van der Waals surface area contributed by atoms with Gasteiger partial charge in [0.2, 0.25) is 0 Å². The average Bonchev–Trinajstić information content (AvgIpc) is 2.30. The highest BCUT2D eigenvalue weighted by Crippen LogP contribution is 2.21. The van der Waals surface area contributed by atoms with Gasteiger partial charge in [-0.05, 0) is 19.3 Å². The number of nitrogens with two attached hydrogens (primary N) is 1. The van der Waals surface area contributed by atoms with E-state index in [1.54, 1.807) is 0 Å². The van der Waals surface area contributed by atoms with Crippen LogP contribution in [0.15, 0.2) is 6.07 Å². The Balaban J connectivity index is 3.05. The summed E-state index contributed by atoms with van der Waals surface area (Å²) < 4.78 is 0. The minimum atomic E-state index is 0.434. The lowest BCUT2D eigenvalue weighted by Crippen LogP contribution is -2.13. The molecule has 15 heavy (non-hydrogen) atoms. The number of hydrogen-bond acceptors (Lipinski definition) is 4. The molecule has 1 aromatic rings. The third kappa shape index (κ3) is 2.89. The van der Waals surface area contributed by atoms with E-state index in [4.69, 9.17) is 5.84 Å². The molecule has 0 saturated heterocycles. The maximum absolute atomic E-state index is 5.39. The summed E-state index contributed by atoms with van der Waals surface area (Å²) in [6, 6.07) is 1.89. The number of rotatable bonds is 5. The summed E-state index contributed by atoms with van der Waals surface area (Å²) >= 11 is 0. The molecule has 0 saturated carbocycles. The molecular formula is C11H20N4. The Morgan fingerprint density at radius 2 is 1.93 bits per heavy atom. The molecule has 4 nitrogen and oxygen atoms in total. The number of aromatic nitrogens is 2. The van der Waals surface area contributed by atoms with Crippen molar-refractivity contribution in [2.75, 3.05) is 5.43 Å². The molecule has 0 bridgehead atoms. The first-order chi connectivity index (χ1) is 7.24. The van der Waals surface area contributed by atoms with E-state index < -0.39 is 0 Å². The van der Waals surface area contributed by atoms with Crippen LogP contribution in [0.5, 0.6) is 0 Å². The van der Waals surface area contributed by atoms with Gasteiger partial charge in [0, 0.05) is 17.7 Å². The minimum absolute atomic E-state index is 0.434. The van der Waals surface area contributed by atoms with Crippen LogP contribution < -0.4 is 11.3 Å². The molecule has 0 amide bonds. The second kappa shape index (κ2) is 5.66. The Morgan fingerprint density at radius 1 is 1.27 bits per heavy atom. The van der Waals surface area contributed by atoms with Gasteiger partial charge in [-0.15, -0.1) is 0 Å². The molecule has 0 fully saturated rings. The van der Waals surface area contributed by atoms with Crippen molar-refractivity contribution < 1.29 is 0 Å². The first-order valence-electron chi connectivity index (χ1n) is 5.59. The molecule has 0 atom stereocenters. The van der Waals surface area contributed by atoms with Crippen LogP contribution in [0.4, 0.5) is 5.82 Å². The highest BCUT2D eigenvalue weighted by molar-refractivity contribution is 5.34. The number of anilines is 1. The first kappa shape index (κ1) is 11.9. The zero-order valence-corrected chi connectivity index (χ0v) is 9.75. The topological polar surface area (TPSA) is 63.8 Å². The zero-order chi connectivity index (χ0) is 11.3. The second-order valence-electron chi connectivity index (χ2n) is 3.61. The highest BCUT2D eigenvalue weighted by Gasteiger charge is 2.12. The summed E-state index contributed by atoms with van der Waals surface area (Å²) in [6.45, 7) is 6.40. The van der Waals surface area contributed by atoms with Crippen molar-refractivity contribution in [2.45, 2.75) is 46.0 Å². The number of nitrogens with one attached hydrogen (secondary N) is 1. The molecule has 0 aliphatic carbocycles. The summed E-state index contributed by atoms with van der Waals surface area (Å²) in [5.41, 5.74) is 3.64. The van der Waals surface area contributed by atoms with Gasteiger partial charge < -0.3 is 5.43 Å². The lowest BCUT2D eigenvalue weighted by molar-refractivity contribution is 0.598. The molecule has 0 unspecified atom stereocenters. The van der Waals surface area contributed by atoms with Gasteiger partial charge in [0.25, 0.3) is 0 Å². The van der Waals surface area contributed by atoms with E-state index in [1.165, 1.54) is 0 Å². The highest BCUT2D eigenvalue weighted by atomic mass is 15.3. The Morgan fingerprint density at radius 3 is 2.40 bits per heavy atom. The zero-order valence-electron chi connectivity index (χ0n) is 9.75. The SMILES string of the molecule is CCc1cc(NN)nc(C(CC)CC)n1. The molecular weight excluding hydrogens is 188 g/mol. The normalized spacial score (nSPS) is 10.7. The van der Waals surface area contributed by atoms with Gasteiger partial charge in [-0.2, -0.15) is 0 Å². The summed E-state index contributed by atoms with van der Waals surface area (Å²) in [6.07, 6.45) is 3.03. The lowest BCUT2D eigenvalue weighted by Gasteiger charge is -2.13. The van der Waals surface area contributed by atoms with E-state index >= 15 is 0 Å². The molecule has 0 aliphatic rings. The van der Waals surface area contributed by atoms with Crippen LogP contribution in [0.25, 0.3) is 0 Å². The summed E-state index contributed by atoms with van der Waals surface area (Å²) in [5.74, 6) is 7.44. The van der Waals surface area contributed by atoms with E-state index in [2.05, 4.69) is 36.2 Å². The maximum atomic E-state index is 5.39. The molecule has 3 N–H and O–H groups in total. The summed E-state index contributed by atoms with van der Waals surface area (Å²) in [4.78, 5) is 8.93. The van der Waals surface area contributed by atoms with Crippen molar-refractivity contribution >= 4 is 5.82 Å². The third-order valence-electron chi connectivity index (χ3n) is 2.66. The van der Waals surface area contributed by atoms with Gasteiger partial charge in [0.1, 0.15) is 11.6 Å². The van der Waals surface area contributed by atoms with E-state index in [1.807, 2.05) is 6.07 Å². The largest absolute Gasteiger partial charge is 0.308 e. The van der Waals surface area contributed by atoms with Crippen LogP contribution in [0.3, 0.4) is 0 Å². The fourth-order valence-electron chi connectivity index (χ4n) is 1.61. The summed E-state index contributed by atoms with van der Waals surface area (Å²) in [5, 5.41) is 0. The monoisotopic (exact) mass is 208 g/mol. The number of aryl methyl sites for hydroxylation is 1. The van der Waals surface area contributed by atoms with Crippen molar-refractivity contribution in [3.8, 4) is 0 Å². The summed E-state index contributed by atoms with van der Waals surface area (Å²) in [7, 11) is 0.